The molecule has 1 fully saturated rings. The fraction of sp³-hybridized carbons (Fsp3) is 0.750. The van der Waals surface area contributed by atoms with Crippen molar-refractivity contribution in [1.29, 1.82) is 0 Å². The van der Waals surface area contributed by atoms with E-state index < -0.39 is 17.7 Å². The van der Waals surface area contributed by atoms with Gasteiger partial charge in [-0.1, -0.05) is 0 Å². The lowest BCUT2D eigenvalue weighted by atomic mass is 10.0. The molecule has 0 spiro atoms. The first kappa shape index (κ1) is 10.9. The molecule has 0 saturated carbocycles. The molecule has 0 aromatic rings. The Kier molecular flexibility index (Phi) is 3.84. The van der Waals surface area contributed by atoms with Crippen molar-refractivity contribution in [2.45, 2.75) is 12.5 Å². The summed E-state index contributed by atoms with van der Waals surface area (Å²) in [4.78, 5) is 21.7. The van der Waals surface area contributed by atoms with Gasteiger partial charge in [-0.05, 0) is 6.42 Å². The molecule has 1 heterocycles. The van der Waals surface area contributed by atoms with Crippen LogP contribution in [-0.4, -0.2) is 37.7 Å². The highest BCUT2D eigenvalue weighted by Crippen LogP contribution is 2.12. The molecular weight excluding hydrogens is 188 g/mol. The second-order valence-electron chi connectivity index (χ2n) is 3.16. The van der Waals surface area contributed by atoms with Gasteiger partial charge < -0.3 is 20.9 Å². The zero-order valence-corrected chi connectivity index (χ0v) is 7.77. The number of carbonyl (C=O) groups is 2. The van der Waals surface area contributed by atoms with Gasteiger partial charge in [0, 0.05) is 0 Å². The normalized spacial score (nSPS) is 22.2. The van der Waals surface area contributed by atoms with E-state index >= 15 is 0 Å². The van der Waals surface area contributed by atoms with Gasteiger partial charge in [-0.25, -0.2) is 0 Å². The lowest BCUT2D eigenvalue weighted by Gasteiger charge is -2.24. The van der Waals surface area contributed by atoms with Crippen LogP contribution in [-0.2, 0) is 19.1 Å². The molecule has 1 rings (SSSR count). The number of primary amides is 2. The largest absolute Gasteiger partial charge is 0.376 e. The Hall–Kier alpha value is -1.14. The molecule has 0 aromatic carbocycles. The quantitative estimate of drug-likeness (QED) is 0.534. The first-order valence-electron chi connectivity index (χ1n) is 4.39. The average molecular weight is 202 g/mol. The summed E-state index contributed by atoms with van der Waals surface area (Å²) in [6.07, 6.45) is -0.0706. The number of rotatable bonds is 4. The molecule has 0 aliphatic carbocycles. The van der Waals surface area contributed by atoms with Gasteiger partial charge in [0.1, 0.15) is 5.92 Å². The van der Waals surface area contributed by atoms with Crippen LogP contribution < -0.4 is 11.5 Å². The zero-order chi connectivity index (χ0) is 10.6. The molecular formula is C8H14N2O4. The van der Waals surface area contributed by atoms with Crippen LogP contribution in [0.1, 0.15) is 6.42 Å². The molecule has 1 aliphatic rings. The molecule has 4 N–H and O–H groups in total. The van der Waals surface area contributed by atoms with E-state index in [2.05, 4.69) is 0 Å². The maximum Gasteiger partial charge on any atom is 0.230 e. The number of ether oxygens (including phenoxy) is 2. The Labute approximate surface area is 81.5 Å². The van der Waals surface area contributed by atoms with Gasteiger partial charge in [0.2, 0.25) is 11.8 Å². The van der Waals surface area contributed by atoms with E-state index in [1.54, 1.807) is 0 Å². The molecule has 1 atom stereocenters. The summed E-state index contributed by atoms with van der Waals surface area (Å²) in [5, 5.41) is 0. The third-order valence-corrected chi connectivity index (χ3v) is 2.07. The van der Waals surface area contributed by atoms with Crippen LogP contribution in [0.5, 0.6) is 0 Å². The van der Waals surface area contributed by atoms with Crippen molar-refractivity contribution >= 4 is 11.8 Å². The highest BCUT2D eigenvalue weighted by Gasteiger charge is 2.27. The molecule has 80 valence electrons. The van der Waals surface area contributed by atoms with Crippen LogP contribution >= 0.6 is 0 Å². The molecule has 6 nitrogen and oxygen atoms in total. The van der Waals surface area contributed by atoms with Crippen molar-refractivity contribution in [3.05, 3.63) is 0 Å². The smallest absolute Gasteiger partial charge is 0.230 e. The Morgan fingerprint density at radius 1 is 1.29 bits per heavy atom. The molecule has 1 aliphatic heterocycles. The van der Waals surface area contributed by atoms with Gasteiger partial charge in [0.05, 0.1) is 25.9 Å². The molecule has 0 bridgehead atoms. The minimum atomic E-state index is -0.971. The summed E-state index contributed by atoms with van der Waals surface area (Å²) >= 11 is 0. The van der Waals surface area contributed by atoms with Gasteiger partial charge in [0.15, 0.2) is 0 Å². The molecule has 0 radical (unpaired) electrons. The first-order chi connectivity index (χ1) is 6.61. The molecule has 14 heavy (non-hydrogen) atoms. The van der Waals surface area contributed by atoms with Gasteiger partial charge in [0.25, 0.3) is 0 Å². The van der Waals surface area contributed by atoms with Crippen molar-refractivity contribution < 1.29 is 19.1 Å². The Bertz CT molecular complexity index is 211. The summed E-state index contributed by atoms with van der Waals surface area (Å²) in [7, 11) is 0. The number of hydrogen-bond donors (Lipinski definition) is 2. The third kappa shape index (κ3) is 2.97. The molecule has 0 unspecified atom stereocenters. The maximum atomic E-state index is 10.8. The zero-order valence-electron chi connectivity index (χ0n) is 7.77. The topological polar surface area (TPSA) is 105 Å². The first-order valence-corrected chi connectivity index (χ1v) is 4.39. The Balaban J connectivity index is 2.45. The van der Waals surface area contributed by atoms with Crippen molar-refractivity contribution in [2.75, 3.05) is 19.8 Å². The Morgan fingerprint density at radius 3 is 2.36 bits per heavy atom. The lowest BCUT2D eigenvalue weighted by Crippen LogP contribution is -2.40. The summed E-state index contributed by atoms with van der Waals surface area (Å²) in [5.41, 5.74) is 10.0. The molecule has 6 heteroatoms. The maximum absolute atomic E-state index is 10.8. The van der Waals surface area contributed by atoms with Crippen LogP contribution in [0.4, 0.5) is 0 Å². The number of hydrogen-bond acceptors (Lipinski definition) is 4. The number of amides is 2. The summed E-state index contributed by atoms with van der Waals surface area (Å²) in [6, 6.07) is 0. The minimum absolute atomic E-state index is 0.199. The summed E-state index contributed by atoms with van der Waals surface area (Å²) < 4.78 is 10.4. The number of nitrogens with two attached hydrogens (primary N) is 2. The van der Waals surface area contributed by atoms with Gasteiger partial charge in [-0.15, -0.1) is 0 Å². The predicted molar refractivity (Wildman–Crippen MR) is 47.1 cm³/mol. The van der Waals surface area contributed by atoms with Gasteiger partial charge in [-0.3, -0.25) is 9.59 Å². The van der Waals surface area contributed by atoms with Crippen molar-refractivity contribution in [3.8, 4) is 0 Å². The predicted octanol–water partition coefficient (Wildman–Crippen LogP) is -1.62. The fourth-order valence-corrected chi connectivity index (χ4v) is 1.31. The van der Waals surface area contributed by atoms with E-state index in [1.807, 2.05) is 0 Å². The molecule has 0 aromatic heterocycles. The van der Waals surface area contributed by atoms with Crippen molar-refractivity contribution in [1.82, 2.24) is 0 Å². The van der Waals surface area contributed by atoms with E-state index in [0.29, 0.717) is 19.8 Å². The fourth-order valence-electron chi connectivity index (χ4n) is 1.31. The monoisotopic (exact) mass is 202 g/mol. The summed E-state index contributed by atoms with van der Waals surface area (Å²) in [6.45, 7) is 1.38. The van der Waals surface area contributed by atoms with Crippen LogP contribution in [0, 0.1) is 5.92 Å². The standard InChI is InChI=1S/C8H14N2O4/c9-7(11)6(8(10)12)3-5-4-13-1-2-14-5/h5-6H,1-4H2,(H2,9,11)(H2,10,12)/t5-/m1/s1. The van der Waals surface area contributed by atoms with E-state index in [0.717, 1.165) is 0 Å². The number of carbonyl (C=O) groups excluding carboxylic acids is 2. The van der Waals surface area contributed by atoms with E-state index in [9.17, 15) is 9.59 Å². The molecule has 2 amide bonds. The van der Waals surface area contributed by atoms with Gasteiger partial charge >= 0.3 is 0 Å². The van der Waals surface area contributed by atoms with Gasteiger partial charge in [-0.2, -0.15) is 0 Å². The highest BCUT2D eigenvalue weighted by molar-refractivity contribution is 5.98. The van der Waals surface area contributed by atoms with Crippen LogP contribution in [0.15, 0.2) is 0 Å². The molecule has 1 saturated heterocycles. The van der Waals surface area contributed by atoms with Crippen molar-refractivity contribution in [3.63, 3.8) is 0 Å². The second-order valence-corrected chi connectivity index (χ2v) is 3.16. The van der Waals surface area contributed by atoms with Crippen LogP contribution in [0.25, 0.3) is 0 Å². The van der Waals surface area contributed by atoms with E-state index in [-0.39, 0.29) is 12.5 Å². The SMILES string of the molecule is NC(=O)C(C[C@@H]1COCCO1)C(N)=O. The van der Waals surface area contributed by atoms with Crippen molar-refractivity contribution in [2.24, 2.45) is 17.4 Å². The lowest BCUT2D eigenvalue weighted by molar-refractivity contribution is -0.137. The highest BCUT2D eigenvalue weighted by atomic mass is 16.6. The third-order valence-electron chi connectivity index (χ3n) is 2.07. The van der Waals surface area contributed by atoms with E-state index in [4.69, 9.17) is 20.9 Å². The minimum Gasteiger partial charge on any atom is -0.376 e. The second kappa shape index (κ2) is 4.92. The Morgan fingerprint density at radius 2 is 1.93 bits per heavy atom. The average Bonchev–Trinajstić information content (AvgIpc) is 2.15. The van der Waals surface area contributed by atoms with Crippen LogP contribution in [0.2, 0.25) is 0 Å². The van der Waals surface area contributed by atoms with E-state index in [1.165, 1.54) is 0 Å². The summed E-state index contributed by atoms with van der Waals surface area (Å²) in [5.74, 6) is -2.40. The van der Waals surface area contributed by atoms with Crippen LogP contribution in [0.3, 0.4) is 0 Å².